The molecular formula is C9H16N4OY. The molecule has 1 unspecified atom stereocenters. The quantitative estimate of drug-likeness (QED) is 0.480. The molecule has 4 heterocycles. The first-order chi connectivity index (χ1) is 6.72. The normalized spacial score (nSPS) is 48.5. The maximum atomic E-state index is 10.8. The van der Waals surface area contributed by atoms with E-state index in [1.165, 1.54) is 0 Å². The molecule has 1 atom stereocenters. The van der Waals surface area contributed by atoms with Crippen LogP contribution in [0.2, 0.25) is 0 Å². The van der Waals surface area contributed by atoms with Gasteiger partial charge in [-0.3, -0.25) is 0 Å². The van der Waals surface area contributed by atoms with Crippen molar-refractivity contribution in [3.05, 3.63) is 0 Å². The fraction of sp³-hybridized carbons (Fsp3) is 0.889. The van der Waals surface area contributed by atoms with E-state index in [4.69, 9.17) is 0 Å². The Kier molecular flexibility index (Phi) is 3.32. The molecule has 0 amide bonds. The summed E-state index contributed by atoms with van der Waals surface area (Å²) >= 11 is 0. The zero-order valence-corrected chi connectivity index (χ0v) is 11.9. The molecule has 4 bridgehead atoms. The number of hydrogen-bond acceptors (Lipinski definition) is 4. The van der Waals surface area contributed by atoms with Crippen molar-refractivity contribution in [2.75, 3.05) is 40.0 Å². The summed E-state index contributed by atoms with van der Waals surface area (Å²) in [6.45, 7) is 8.26. The van der Waals surface area contributed by atoms with Crippen LogP contribution in [0.3, 0.4) is 0 Å². The van der Waals surface area contributed by atoms with Crippen LogP contribution >= 0.6 is 0 Å². The van der Waals surface area contributed by atoms with Crippen LogP contribution in [0.5, 0.6) is 0 Å². The van der Waals surface area contributed by atoms with E-state index in [-0.39, 0.29) is 38.8 Å². The van der Waals surface area contributed by atoms with Gasteiger partial charge in [-0.05, 0) is 13.0 Å². The van der Waals surface area contributed by atoms with Crippen LogP contribution in [0.25, 0.3) is 0 Å². The molecule has 4 saturated heterocycles. The molecule has 4 rings (SSSR count). The third-order valence-electron chi connectivity index (χ3n) is 3.64. The van der Waals surface area contributed by atoms with Crippen LogP contribution in [0.15, 0.2) is 0 Å². The smallest absolute Gasteiger partial charge is 0.137 e. The molecule has 0 aromatic heterocycles. The van der Waals surface area contributed by atoms with Gasteiger partial charge in [-0.2, -0.15) is 0 Å². The molecule has 81 valence electrons. The van der Waals surface area contributed by atoms with Crippen molar-refractivity contribution in [3.8, 4) is 0 Å². The van der Waals surface area contributed by atoms with Gasteiger partial charge in [0.25, 0.3) is 0 Å². The van der Waals surface area contributed by atoms with E-state index in [0.717, 1.165) is 44.5 Å². The second kappa shape index (κ2) is 4.13. The fourth-order valence-electron chi connectivity index (χ4n) is 3.06. The first-order valence-corrected chi connectivity index (χ1v) is 5.12. The van der Waals surface area contributed by atoms with E-state index in [1.54, 1.807) is 0 Å². The summed E-state index contributed by atoms with van der Waals surface area (Å²) in [5.74, 6) is 0. The number of rotatable bonds is 2. The van der Waals surface area contributed by atoms with E-state index in [0.29, 0.717) is 0 Å². The Hall–Kier alpha value is 0.614. The van der Waals surface area contributed by atoms with Crippen LogP contribution in [0, 0.1) is 0 Å². The molecule has 0 aliphatic carbocycles. The summed E-state index contributed by atoms with van der Waals surface area (Å²) < 4.78 is 0.865. The molecule has 0 aromatic rings. The van der Waals surface area contributed by atoms with Gasteiger partial charge in [0.05, 0.1) is 20.0 Å². The Bertz CT molecular complexity index is 238. The van der Waals surface area contributed by atoms with E-state index >= 15 is 0 Å². The Labute approximate surface area is 115 Å². The largest absolute Gasteiger partial charge is 0.536 e. The summed E-state index contributed by atoms with van der Waals surface area (Å²) in [6, 6.07) is 0.00315. The van der Waals surface area contributed by atoms with Crippen LogP contribution < -0.4 is 0 Å². The van der Waals surface area contributed by atoms with Crippen LogP contribution in [0.4, 0.5) is 0 Å². The van der Waals surface area contributed by atoms with Gasteiger partial charge in [-0.25, -0.2) is 21.0 Å². The van der Waals surface area contributed by atoms with E-state index in [9.17, 15) is 4.79 Å². The molecule has 0 N–H and O–H groups in total. The molecule has 0 aromatic carbocycles. The van der Waals surface area contributed by atoms with Crippen LogP contribution in [0.1, 0.15) is 6.92 Å². The van der Waals surface area contributed by atoms with Gasteiger partial charge in [0, 0.05) is 32.7 Å². The number of quaternary nitrogens is 1. The van der Waals surface area contributed by atoms with Crippen molar-refractivity contribution in [1.29, 1.82) is 0 Å². The molecule has 4 aliphatic rings. The third-order valence-corrected chi connectivity index (χ3v) is 3.64. The Morgan fingerprint density at radius 3 is 1.80 bits per heavy atom. The predicted octanol–water partition coefficient (Wildman–Crippen LogP) is -1.01. The molecule has 6 heteroatoms. The predicted molar refractivity (Wildman–Crippen MR) is 50.1 cm³/mol. The molecule has 0 spiro atoms. The van der Waals surface area contributed by atoms with Gasteiger partial charge in [-0.1, -0.05) is 0 Å². The standard InChI is InChI=1S/C9H16N4O.Y/c1-9(2-14)13-6-10-3-11(7-13)5-12(4-10)8-13;/h9H,3-8H2,1H3;. The maximum absolute atomic E-state index is 10.8. The molecular weight excluding hydrogens is 269 g/mol. The number of carbonyl (C=O) groups excluding carboxylic acids is 1. The second-order valence-corrected chi connectivity index (χ2v) is 4.87. The van der Waals surface area contributed by atoms with Crippen molar-refractivity contribution < 1.29 is 42.0 Å². The molecule has 15 heavy (non-hydrogen) atoms. The Morgan fingerprint density at radius 2 is 1.47 bits per heavy atom. The van der Waals surface area contributed by atoms with E-state index in [1.807, 2.05) is 6.92 Å². The molecule has 4 aliphatic heterocycles. The van der Waals surface area contributed by atoms with Crippen molar-refractivity contribution >= 4 is 6.29 Å². The zero-order valence-electron chi connectivity index (χ0n) is 9.09. The van der Waals surface area contributed by atoms with Crippen molar-refractivity contribution in [1.82, 2.24) is 14.7 Å². The van der Waals surface area contributed by atoms with Crippen LogP contribution in [-0.2, 0) is 37.5 Å². The number of hydrogen-bond donors (Lipinski definition) is 0. The first kappa shape index (κ1) is 12.1. The second-order valence-electron chi connectivity index (χ2n) is 4.87. The minimum absolute atomic E-state index is 0. The van der Waals surface area contributed by atoms with Crippen molar-refractivity contribution in [2.45, 2.75) is 13.0 Å². The molecule has 5 nitrogen and oxygen atoms in total. The monoisotopic (exact) mass is 285 g/mol. The first-order valence-electron chi connectivity index (χ1n) is 5.12. The fourth-order valence-corrected chi connectivity index (χ4v) is 3.06. The summed E-state index contributed by atoms with van der Waals surface area (Å²) in [5.41, 5.74) is 0. The van der Waals surface area contributed by atoms with Gasteiger partial charge < -0.3 is 9.28 Å². The molecule has 0 saturated carbocycles. The summed E-state index contributed by atoms with van der Waals surface area (Å²) in [6.07, 6.45) is 2.16. The van der Waals surface area contributed by atoms with Gasteiger partial charge in [0.1, 0.15) is 20.0 Å². The summed E-state index contributed by atoms with van der Waals surface area (Å²) in [5, 5.41) is 0. The topological polar surface area (TPSA) is 26.8 Å². The van der Waals surface area contributed by atoms with E-state index < -0.39 is 0 Å². The number of nitrogens with zero attached hydrogens (tertiary/aromatic N) is 4. The van der Waals surface area contributed by atoms with Crippen molar-refractivity contribution in [2.24, 2.45) is 0 Å². The Morgan fingerprint density at radius 1 is 1.07 bits per heavy atom. The average Bonchev–Trinajstić information content (AvgIpc) is 2.14. The maximum Gasteiger partial charge on any atom is 0.137 e. The molecule has 4 fully saturated rings. The van der Waals surface area contributed by atoms with Crippen LogP contribution in [-0.4, -0.2) is 71.5 Å². The zero-order chi connectivity index (χ0) is 9.76. The van der Waals surface area contributed by atoms with Gasteiger partial charge >= 0.3 is 0 Å². The third kappa shape index (κ3) is 1.83. The summed E-state index contributed by atoms with van der Waals surface area (Å²) in [4.78, 5) is 18.0. The SMILES string of the molecule is CC([C-]=O)[N+]12CN3CN(CN(C3)C1)C2.[Y]. The minimum atomic E-state index is 0. The molecule has 1 radical (unpaired) electrons. The Balaban J connectivity index is 0.000000853. The average molecular weight is 285 g/mol. The van der Waals surface area contributed by atoms with Crippen molar-refractivity contribution in [3.63, 3.8) is 0 Å². The van der Waals surface area contributed by atoms with Gasteiger partial charge in [0.15, 0.2) is 0 Å². The van der Waals surface area contributed by atoms with Gasteiger partial charge in [-0.15, -0.1) is 0 Å². The van der Waals surface area contributed by atoms with Gasteiger partial charge in [0.2, 0.25) is 0 Å². The summed E-state index contributed by atoms with van der Waals surface area (Å²) in [7, 11) is 0. The minimum Gasteiger partial charge on any atom is -0.536 e. The van der Waals surface area contributed by atoms with E-state index in [2.05, 4.69) is 21.0 Å².